The minimum Gasteiger partial charge on any atom is -0.493 e. The Kier molecular flexibility index (Phi) is 5.21. The number of hydrogen-bond donors (Lipinski definition) is 0. The van der Waals surface area contributed by atoms with E-state index in [0.29, 0.717) is 54.0 Å². The van der Waals surface area contributed by atoms with Gasteiger partial charge >= 0.3 is 5.97 Å². The summed E-state index contributed by atoms with van der Waals surface area (Å²) in [6.45, 7) is 0.801. The highest BCUT2D eigenvalue weighted by Gasteiger charge is 2.40. The highest BCUT2D eigenvalue weighted by molar-refractivity contribution is 5.95. The van der Waals surface area contributed by atoms with Gasteiger partial charge in [0.25, 0.3) is 0 Å². The Labute approximate surface area is 202 Å². The highest BCUT2D eigenvalue weighted by Crippen LogP contribution is 2.50. The van der Waals surface area contributed by atoms with E-state index in [2.05, 4.69) is 4.98 Å². The van der Waals surface area contributed by atoms with Crippen LogP contribution in [-0.2, 0) is 22.6 Å². The molecule has 0 spiro atoms. The Bertz CT molecular complexity index is 1320. The minimum absolute atomic E-state index is 0.184. The predicted molar refractivity (Wildman–Crippen MR) is 124 cm³/mol. The van der Waals surface area contributed by atoms with Crippen molar-refractivity contribution in [1.29, 1.82) is 0 Å². The summed E-state index contributed by atoms with van der Waals surface area (Å²) in [7, 11) is 3.17. The van der Waals surface area contributed by atoms with Crippen LogP contribution in [0.3, 0.4) is 0 Å². The molecule has 0 saturated heterocycles. The van der Waals surface area contributed by atoms with Crippen LogP contribution in [0.2, 0.25) is 0 Å². The van der Waals surface area contributed by atoms with Crippen molar-refractivity contribution in [3.05, 3.63) is 82.2 Å². The van der Waals surface area contributed by atoms with Gasteiger partial charge in [0.2, 0.25) is 12.5 Å². The van der Waals surface area contributed by atoms with Crippen molar-refractivity contribution in [3.63, 3.8) is 0 Å². The first-order valence-corrected chi connectivity index (χ1v) is 11.3. The molecule has 0 amide bonds. The predicted octanol–water partition coefficient (Wildman–Crippen LogP) is 3.95. The van der Waals surface area contributed by atoms with E-state index in [1.54, 1.807) is 26.6 Å². The van der Waals surface area contributed by atoms with E-state index in [-0.39, 0.29) is 18.7 Å². The van der Waals surface area contributed by atoms with E-state index in [4.69, 9.17) is 28.4 Å². The zero-order valence-corrected chi connectivity index (χ0v) is 19.3. The number of pyridine rings is 1. The van der Waals surface area contributed by atoms with Crippen LogP contribution in [0.4, 0.5) is 0 Å². The summed E-state index contributed by atoms with van der Waals surface area (Å²) in [5.74, 6) is 2.22. The topological polar surface area (TPSA) is 85.3 Å². The SMILES string of the molecule is COc1cc([C@H]2C3=C(COC3=O)Cc3cc4c(cc32)OCO4)cc(OC)c1OCc1ccncc1. The Hall–Kier alpha value is -4.20. The first-order valence-electron chi connectivity index (χ1n) is 11.3. The molecule has 0 saturated carbocycles. The van der Waals surface area contributed by atoms with Gasteiger partial charge in [0, 0.05) is 18.3 Å². The molecule has 0 unspecified atom stereocenters. The van der Waals surface area contributed by atoms with Crippen LogP contribution in [0, 0.1) is 0 Å². The molecule has 3 aromatic rings. The first-order chi connectivity index (χ1) is 17.2. The molecule has 1 aromatic heterocycles. The molecule has 3 heterocycles. The van der Waals surface area contributed by atoms with Gasteiger partial charge in [-0.25, -0.2) is 4.79 Å². The van der Waals surface area contributed by atoms with E-state index in [9.17, 15) is 4.79 Å². The second kappa shape index (κ2) is 8.54. The standard InChI is InChI=1S/C27H23NO7/c1-30-22-9-17(10-23(31-2)26(22)32-12-15-3-5-28-6-4-15)24-19-11-21-20(34-14-35-21)8-16(19)7-18-13-33-27(29)25(18)24/h3-6,8-11,24H,7,12-14H2,1-2H3/t24-/m1/s1. The van der Waals surface area contributed by atoms with Crippen molar-refractivity contribution in [3.8, 4) is 28.7 Å². The van der Waals surface area contributed by atoms with Gasteiger partial charge in [-0.2, -0.15) is 0 Å². The van der Waals surface area contributed by atoms with Gasteiger partial charge in [-0.05, 0) is 70.6 Å². The van der Waals surface area contributed by atoms with Crippen LogP contribution in [-0.4, -0.2) is 38.6 Å². The molecule has 2 aromatic carbocycles. The van der Waals surface area contributed by atoms with E-state index in [0.717, 1.165) is 27.8 Å². The zero-order chi connectivity index (χ0) is 23.9. The Morgan fingerprint density at radius 3 is 2.40 bits per heavy atom. The maximum Gasteiger partial charge on any atom is 0.335 e. The van der Waals surface area contributed by atoms with E-state index < -0.39 is 0 Å². The third-order valence-corrected chi connectivity index (χ3v) is 6.57. The molecule has 0 radical (unpaired) electrons. The minimum atomic E-state index is -0.365. The van der Waals surface area contributed by atoms with Crippen LogP contribution in [0.1, 0.15) is 28.2 Å². The monoisotopic (exact) mass is 473 g/mol. The summed E-state index contributed by atoms with van der Waals surface area (Å²) in [5, 5.41) is 0. The Balaban J connectivity index is 1.45. The fourth-order valence-corrected chi connectivity index (χ4v) is 4.92. The molecule has 6 rings (SSSR count). The third-order valence-electron chi connectivity index (χ3n) is 6.57. The summed E-state index contributed by atoms with van der Waals surface area (Å²) >= 11 is 0. The summed E-state index contributed by atoms with van der Waals surface area (Å²) in [5.41, 5.74) is 5.48. The normalized spacial score (nSPS) is 17.5. The quantitative estimate of drug-likeness (QED) is 0.498. The fraction of sp³-hybridized carbons (Fsp3) is 0.259. The number of rotatable bonds is 6. The van der Waals surface area contributed by atoms with Gasteiger partial charge in [-0.1, -0.05) is 0 Å². The molecule has 35 heavy (non-hydrogen) atoms. The first kappa shape index (κ1) is 21.3. The van der Waals surface area contributed by atoms with Gasteiger partial charge in [0.1, 0.15) is 13.2 Å². The van der Waals surface area contributed by atoms with E-state index in [1.165, 1.54) is 0 Å². The number of ether oxygens (including phenoxy) is 6. The van der Waals surface area contributed by atoms with Crippen LogP contribution < -0.4 is 23.7 Å². The molecule has 8 nitrogen and oxygen atoms in total. The van der Waals surface area contributed by atoms with Gasteiger partial charge in [0.05, 0.1) is 19.8 Å². The van der Waals surface area contributed by atoms with Crippen molar-refractivity contribution in [2.45, 2.75) is 18.9 Å². The maximum atomic E-state index is 12.8. The van der Waals surface area contributed by atoms with Crippen molar-refractivity contribution < 1.29 is 33.2 Å². The zero-order valence-electron chi connectivity index (χ0n) is 19.3. The number of benzene rings is 2. The molecule has 178 valence electrons. The molecule has 0 fully saturated rings. The summed E-state index contributed by atoms with van der Waals surface area (Å²) in [4.78, 5) is 16.9. The van der Waals surface area contributed by atoms with Crippen LogP contribution in [0.5, 0.6) is 28.7 Å². The molecule has 0 bridgehead atoms. The number of hydrogen-bond acceptors (Lipinski definition) is 8. The van der Waals surface area contributed by atoms with Gasteiger partial charge in [-0.15, -0.1) is 0 Å². The third kappa shape index (κ3) is 3.62. The number of esters is 1. The molecule has 0 N–H and O–H groups in total. The Morgan fingerprint density at radius 1 is 0.971 bits per heavy atom. The van der Waals surface area contributed by atoms with Gasteiger partial charge in [0.15, 0.2) is 23.0 Å². The lowest BCUT2D eigenvalue weighted by Crippen LogP contribution is -2.18. The molecule has 2 aliphatic heterocycles. The number of nitrogens with zero attached hydrogens (tertiary/aromatic N) is 1. The summed E-state index contributed by atoms with van der Waals surface area (Å²) < 4.78 is 34.2. The average Bonchev–Trinajstić information content (AvgIpc) is 3.50. The second-order valence-electron chi connectivity index (χ2n) is 8.51. The molecule has 1 aliphatic carbocycles. The number of carbonyl (C=O) groups is 1. The number of carbonyl (C=O) groups excluding carboxylic acids is 1. The Morgan fingerprint density at radius 2 is 1.69 bits per heavy atom. The molecule has 3 aliphatic rings. The largest absolute Gasteiger partial charge is 0.493 e. The fourth-order valence-electron chi connectivity index (χ4n) is 4.92. The lowest BCUT2D eigenvalue weighted by atomic mass is 9.75. The summed E-state index contributed by atoms with van der Waals surface area (Å²) in [6.07, 6.45) is 4.06. The van der Waals surface area contributed by atoms with Crippen molar-refractivity contribution in [2.75, 3.05) is 27.6 Å². The number of aromatic nitrogens is 1. The van der Waals surface area contributed by atoms with E-state index in [1.807, 2.05) is 36.4 Å². The molecular formula is C27H23NO7. The second-order valence-corrected chi connectivity index (χ2v) is 8.51. The average molecular weight is 473 g/mol. The number of fused-ring (bicyclic) bond motifs is 2. The molecular weight excluding hydrogens is 450 g/mol. The number of methoxy groups -OCH3 is 2. The van der Waals surface area contributed by atoms with Gasteiger partial charge < -0.3 is 28.4 Å². The highest BCUT2D eigenvalue weighted by atomic mass is 16.7. The lowest BCUT2D eigenvalue weighted by Gasteiger charge is -2.27. The smallest absolute Gasteiger partial charge is 0.335 e. The molecule has 1 atom stereocenters. The lowest BCUT2D eigenvalue weighted by molar-refractivity contribution is -0.136. The summed E-state index contributed by atoms with van der Waals surface area (Å²) in [6, 6.07) is 11.5. The van der Waals surface area contributed by atoms with Crippen LogP contribution in [0.25, 0.3) is 0 Å². The van der Waals surface area contributed by atoms with Crippen LogP contribution in [0.15, 0.2) is 59.9 Å². The van der Waals surface area contributed by atoms with Gasteiger partial charge in [-0.3, -0.25) is 4.98 Å². The maximum absolute atomic E-state index is 12.8. The van der Waals surface area contributed by atoms with Crippen molar-refractivity contribution in [2.24, 2.45) is 0 Å². The molecule has 8 heteroatoms. The van der Waals surface area contributed by atoms with Crippen molar-refractivity contribution in [1.82, 2.24) is 4.98 Å². The van der Waals surface area contributed by atoms with E-state index >= 15 is 0 Å². The van der Waals surface area contributed by atoms with Crippen LogP contribution >= 0.6 is 0 Å². The number of cyclic esters (lactones) is 1. The van der Waals surface area contributed by atoms with Crippen molar-refractivity contribution >= 4 is 5.97 Å².